The first-order valence-corrected chi connectivity index (χ1v) is 9.24. The third-order valence-electron chi connectivity index (χ3n) is 5.11. The normalized spacial score (nSPS) is 20.0. The molecule has 0 saturated heterocycles. The van der Waals surface area contributed by atoms with Crippen molar-refractivity contribution in [3.63, 3.8) is 0 Å². The highest BCUT2D eigenvalue weighted by Crippen LogP contribution is 2.44. The predicted molar refractivity (Wildman–Crippen MR) is 108 cm³/mol. The van der Waals surface area contributed by atoms with Crippen LogP contribution in [0.1, 0.15) is 34.5 Å². The van der Waals surface area contributed by atoms with Gasteiger partial charge in [0.1, 0.15) is 12.8 Å². The quantitative estimate of drug-likeness (QED) is 0.633. The van der Waals surface area contributed by atoms with E-state index in [1.165, 1.54) is 16.7 Å². The summed E-state index contributed by atoms with van der Waals surface area (Å²) in [6, 6.07) is 29.3. The van der Waals surface area contributed by atoms with E-state index in [2.05, 4.69) is 77.9 Å². The number of fused-ring (bicyclic) bond motifs is 3. The fraction of sp³-hybridized carbons (Fsp3) is 0.125. The van der Waals surface area contributed by atoms with E-state index in [0.717, 1.165) is 11.4 Å². The molecule has 5 rings (SSSR count). The molecule has 0 fully saturated rings. The van der Waals surface area contributed by atoms with E-state index >= 15 is 0 Å². The molecule has 2 heterocycles. The van der Waals surface area contributed by atoms with Crippen LogP contribution in [-0.2, 0) is 11.3 Å². The molecule has 0 radical (unpaired) electrons. The third kappa shape index (κ3) is 2.91. The Hall–Kier alpha value is -3.33. The number of nitrogens with zero attached hydrogens (tertiary/aromatic N) is 2. The van der Waals surface area contributed by atoms with Gasteiger partial charge in [-0.2, -0.15) is 0 Å². The highest BCUT2D eigenvalue weighted by Gasteiger charge is 2.38. The lowest BCUT2D eigenvalue weighted by molar-refractivity contribution is 0.0752. The summed E-state index contributed by atoms with van der Waals surface area (Å²) < 4.78 is 6.30. The summed E-state index contributed by atoms with van der Waals surface area (Å²) in [6.45, 7) is 0.541. The molecule has 2 atom stereocenters. The second-order valence-corrected chi connectivity index (χ2v) is 6.82. The molecular formula is C24H20N2O. The van der Waals surface area contributed by atoms with Gasteiger partial charge >= 0.3 is 0 Å². The second-order valence-electron chi connectivity index (χ2n) is 6.82. The molecule has 2 aliphatic rings. The molecule has 0 N–H and O–H groups in total. The Morgan fingerprint density at radius 1 is 0.815 bits per heavy atom. The van der Waals surface area contributed by atoms with Crippen LogP contribution >= 0.6 is 0 Å². The van der Waals surface area contributed by atoms with Crippen molar-refractivity contribution in [1.29, 1.82) is 0 Å². The van der Waals surface area contributed by atoms with Crippen molar-refractivity contribution in [2.45, 2.75) is 18.8 Å². The van der Waals surface area contributed by atoms with Crippen LogP contribution in [0.3, 0.4) is 0 Å². The fourth-order valence-corrected chi connectivity index (χ4v) is 3.79. The van der Waals surface area contributed by atoms with Crippen molar-refractivity contribution in [2.75, 3.05) is 0 Å². The molecule has 0 spiro atoms. The molecule has 27 heavy (non-hydrogen) atoms. The maximum absolute atomic E-state index is 6.30. The summed E-state index contributed by atoms with van der Waals surface area (Å²) in [5.74, 6) is 0.869. The summed E-state index contributed by atoms with van der Waals surface area (Å²) in [4.78, 5) is 7.11. The summed E-state index contributed by atoms with van der Waals surface area (Å²) >= 11 is 0. The largest absolute Gasteiger partial charge is 0.474 e. The first-order valence-electron chi connectivity index (χ1n) is 9.24. The van der Waals surface area contributed by atoms with E-state index in [1.807, 2.05) is 24.3 Å². The standard InChI is InChI=1S/C24H20N2O/c1-3-9-18(10-4-1)17-27-23-15-20-13-7-8-14-21(20)22-16-25-24(26(22)23)19-11-5-2-6-12-19/h1-16,22,24H,17H2. The van der Waals surface area contributed by atoms with Crippen molar-refractivity contribution in [1.82, 2.24) is 4.90 Å². The maximum Gasteiger partial charge on any atom is 0.193 e. The Balaban J connectivity index is 1.51. The molecule has 3 aromatic carbocycles. The number of rotatable bonds is 4. The molecule has 3 aromatic rings. The second kappa shape index (κ2) is 6.76. The molecule has 132 valence electrons. The molecule has 0 saturated carbocycles. The van der Waals surface area contributed by atoms with E-state index in [0.29, 0.717) is 6.61 Å². The van der Waals surface area contributed by atoms with Crippen LogP contribution in [0.25, 0.3) is 6.08 Å². The van der Waals surface area contributed by atoms with Crippen LogP contribution < -0.4 is 0 Å². The molecule has 2 aliphatic heterocycles. The Labute approximate surface area is 159 Å². The van der Waals surface area contributed by atoms with Crippen LogP contribution in [0, 0.1) is 0 Å². The van der Waals surface area contributed by atoms with Crippen molar-refractivity contribution in [3.05, 3.63) is 113 Å². The van der Waals surface area contributed by atoms with Crippen molar-refractivity contribution >= 4 is 12.3 Å². The molecule has 3 heteroatoms. The van der Waals surface area contributed by atoms with Gasteiger partial charge in [-0.15, -0.1) is 0 Å². The topological polar surface area (TPSA) is 24.8 Å². The van der Waals surface area contributed by atoms with Gasteiger partial charge in [0.25, 0.3) is 0 Å². The van der Waals surface area contributed by atoms with Crippen LogP contribution in [0.4, 0.5) is 0 Å². The van der Waals surface area contributed by atoms with Gasteiger partial charge in [-0.25, -0.2) is 0 Å². The minimum atomic E-state index is -0.0634. The summed E-state index contributed by atoms with van der Waals surface area (Å²) in [5.41, 5.74) is 4.80. The predicted octanol–water partition coefficient (Wildman–Crippen LogP) is 5.34. The zero-order valence-electron chi connectivity index (χ0n) is 14.9. The molecule has 0 amide bonds. The van der Waals surface area contributed by atoms with Crippen LogP contribution in [0.15, 0.2) is 95.8 Å². The first-order chi connectivity index (χ1) is 13.4. The van der Waals surface area contributed by atoms with E-state index in [1.54, 1.807) is 0 Å². The van der Waals surface area contributed by atoms with Crippen molar-refractivity contribution in [3.8, 4) is 0 Å². The first kappa shape index (κ1) is 15.9. The fourth-order valence-electron chi connectivity index (χ4n) is 3.79. The molecule has 0 aliphatic carbocycles. The van der Waals surface area contributed by atoms with Gasteiger partial charge in [-0.1, -0.05) is 84.9 Å². The summed E-state index contributed by atoms with van der Waals surface area (Å²) in [6.07, 6.45) is 4.13. The molecule has 3 nitrogen and oxygen atoms in total. The number of hydrogen-bond acceptors (Lipinski definition) is 3. The van der Waals surface area contributed by atoms with Gasteiger partial charge in [0, 0.05) is 12.3 Å². The monoisotopic (exact) mass is 352 g/mol. The average molecular weight is 352 g/mol. The Morgan fingerprint density at radius 2 is 1.52 bits per heavy atom. The summed E-state index contributed by atoms with van der Waals surface area (Å²) in [7, 11) is 0. The highest BCUT2D eigenvalue weighted by molar-refractivity contribution is 5.76. The minimum Gasteiger partial charge on any atom is -0.474 e. The van der Waals surface area contributed by atoms with E-state index in [-0.39, 0.29) is 12.2 Å². The smallest absolute Gasteiger partial charge is 0.193 e. The Bertz CT molecular complexity index is 995. The van der Waals surface area contributed by atoms with Gasteiger partial charge in [0.15, 0.2) is 5.88 Å². The van der Waals surface area contributed by atoms with Gasteiger partial charge in [0.05, 0.1) is 6.04 Å². The lowest BCUT2D eigenvalue weighted by atomic mass is 9.96. The zero-order valence-corrected chi connectivity index (χ0v) is 14.9. The van der Waals surface area contributed by atoms with Gasteiger partial charge in [0.2, 0.25) is 0 Å². The number of benzene rings is 3. The van der Waals surface area contributed by atoms with E-state index < -0.39 is 0 Å². The van der Waals surface area contributed by atoms with Crippen molar-refractivity contribution < 1.29 is 4.74 Å². The maximum atomic E-state index is 6.30. The van der Waals surface area contributed by atoms with Crippen LogP contribution in [-0.4, -0.2) is 11.1 Å². The zero-order chi connectivity index (χ0) is 18.1. The number of aliphatic imine (C=N–C) groups is 1. The SMILES string of the molecule is C1=NC(c2ccccc2)N2C(OCc3ccccc3)=Cc3ccccc3C12. The lowest BCUT2D eigenvalue weighted by Crippen LogP contribution is -2.31. The molecule has 0 bridgehead atoms. The highest BCUT2D eigenvalue weighted by atomic mass is 16.5. The van der Waals surface area contributed by atoms with E-state index in [9.17, 15) is 0 Å². The Morgan fingerprint density at radius 3 is 2.33 bits per heavy atom. The molecule has 2 unspecified atom stereocenters. The lowest BCUT2D eigenvalue weighted by Gasteiger charge is -2.36. The van der Waals surface area contributed by atoms with Crippen LogP contribution in [0.5, 0.6) is 0 Å². The minimum absolute atomic E-state index is 0.0634. The average Bonchev–Trinajstić information content (AvgIpc) is 3.19. The van der Waals surface area contributed by atoms with Crippen molar-refractivity contribution in [2.24, 2.45) is 4.99 Å². The third-order valence-corrected chi connectivity index (χ3v) is 5.11. The molecular weight excluding hydrogens is 332 g/mol. The van der Waals surface area contributed by atoms with Crippen LogP contribution in [0.2, 0.25) is 0 Å². The number of ether oxygens (including phenoxy) is 1. The molecule has 0 aromatic heterocycles. The summed E-state index contributed by atoms with van der Waals surface area (Å²) in [5, 5.41) is 0. The van der Waals surface area contributed by atoms with Gasteiger partial charge in [-0.3, -0.25) is 4.99 Å². The van der Waals surface area contributed by atoms with Gasteiger partial charge < -0.3 is 9.64 Å². The van der Waals surface area contributed by atoms with E-state index in [4.69, 9.17) is 9.73 Å². The number of hydrogen-bond donors (Lipinski definition) is 0. The Kier molecular flexibility index (Phi) is 3.98. The van der Waals surface area contributed by atoms with Gasteiger partial charge in [-0.05, 0) is 22.3 Å².